The molecular weight excluding hydrogens is 291 g/mol. The van der Waals surface area contributed by atoms with Crippen LogP contribution in [0.2, 0.25) is 0 Å². The Kier molecular flexibility index (Phi) is 3.85. The zero-order valence-corrected chi connectivity index (χ0v) is 11.4. The number of nitrogens with two attached hydrogens (primary N) is 1. The third-order valence-electron chi connectivity index (χ3n) is 2.63. The minimum atomic E-state index is -4.29. The van der Waals surface area contributed by atoms with Crippen LogP contribution in [0.5, 0.6) is 0 Å². The van der Waals surface area contributed by atoms with Crippen molar-refractivity contribution in [3.63, 3.8) is 0 Å². The van der Waals surface area contributed by atoms with E-state index in [9.17, 15) is 18.0 Å². The molecule has 8 heteroatoms. The summed E-state index contributed by atoms with van der Waals surface area (Å²) < 4.78 is 36.0. The molecule has 108 valence electrons. The van der Waals surface area contributed by atoms with Crippen LogP contribution in [-0.2, 0) is 0 Å². The molecule has 0 aliphatic carbocycles. The van der Waals surface area contributed by atoms with Gasteiger partial charge >= 0.3 is 6.18 Å². The molecule has 0 aliphatic heterocycles. The fourth-order valence-corrected chi connectivity index (χ4v) is 2.71. The number of nitrogens with one attached hydrogen (secondary N) is 1. The molecule has 0 unspecified atom stereocenters. The fraction of sp³-hybridized carbons (Fsp3) is 0.333. The highest BCUT2D eigenvalue weighted by Gasteiger charge is 2.27. The summed E-state index contributed by atoms with van der Waals surface area (Å²) in [4.78, 5) is 16.9. The number of carbonyl (C=O) groups excluding carboxylic acids is 1. The number of hydrogen-bond acceptors (Lipinski definition) is 4. The van der Waals surface area contributed by atoms with Gasteiger partial charge in [-0.3, -0.25) is 4.79 Å². The molecule has 0 atom stereocenters. The van der Waals surface area contributed by atoms with Crippen LogP contribution in [0.4, 0.5) is 18.9 Å². The number of nitrogen functional groups attached to an aromatic ring is 1. The number of alkyl halides is 3. The van der Waals surface area contributed by atoms with E-state index in [4.69, 9.17) is 5.73 Å². The Hall–Kier alpha value is -1.83. The van der Waals surface area contributed by atoms with Gasteiger partial charge in [-0.25, -0.2) is 4.98 Å². The summed E-state index contributed by atoms with van der Waals surface area (Å²) in [6.45, 7) is 1.33. The average Bonchev–Trinajstić information content (AvgIpc) is 2.64. The number of fused-ring (bicyclic) bond motifs is 1. The zero-order valence-electron chi connectivity index (χ0n) is 10.5. The summed E-state index contributed by atoms with van der Waals surface area (Å²) in [5.41, 5.74) is 6.87. The molecule has 0 saturated heterocycles. The molecule has 0 fully saturated rings. The third-order valence-corrected chi connectivity index (χ3v) is 3.75. The van der Waals surface area contributed by atoms with Crippen LogP contribution in [-0.4, -0.2) is 23.6 Å². The molecule has 20 heavy (non-hydrogen) atoms. The number of nitrogens with zero attached hydrogens (tertiary/aromatic N) is 1. The highest BCUT2D eigenvalue weighted by Crippen LogP contribution is 2.32. The van der Waals surface area contributed by atoms with Crippen LogP contribution in [0.1, 0.15) is 21.8 Å². The highest BCUT2D eigenvalue weighted by atomic mass is 32.1. The van der Waals surface area contributed by atoms with E-state index in [0.29, 0.717) is 10.2 Å². The Labute approximate surface area is 116 Å². The molecule has 2 heterocycles. The molecule has 2 aromatic rings. The number of halogens is 3. The van der Waals surface area contributed by atoms with Crippen LogP contribution >= 0.6 is 11.3 Å². The van der Waals surface area contributed by atoms with E-state index >= 15 is 0 Å². The van der Waals surface area contributed by atoms with Gasteiger partial charge in [-0.1, -0.05) is 0 Å². The lowest BCUT2D eigenvalue weighted by Gasteiger charge is -2.07. The van der Waals surface area contributed by atoms with Crippen molar-refractivity contribution in [2.24, 2.45) is 0 Å². The van der Waals surface area contributed by atoms with Gasteiger partial charge in [0.15, 0.2) is 0 Å². The maximum absolute atomic E-state index is 12.0. The first-order chi connectivity index (χ1) is 9.28. The molecule has 2 aromatic heterocycles. The van der Waals surface area contributed by atoms with Crippen molar-refractivity contribution in [2.45, 2.75) is 19.5 Å². The highest BCUT2D eigenvalue weighted by molar-refractivity contribution is 7.21. The number of carbonyl (C=O) groups is 1. The van der Waals surface area contributed by atoms with Crippen molar-refractivity contribution in [1.82, 2.24) is 10.3 Å². The second-order valence-electron chi connectivity index (χ2n) is 4.27. The lowest BCUT2D eigenvalue weighted by molar-refractivity contribution is -0.132. The number of amides is 1. The van der Waals surface area contributed by atoms with E-state index in [1.807, 2.05) is 0 Å². The van der Waals surface area contributed by atoms with Crippen molar-refractivity contribution < 1.29 is 18.0 Å². The normalized spacial score (nSPS) is 11.8. The van der Waals surface area contributed by atoms with Crippen molar-refractivity contribution in [3.8, 4) is 0 Å². The van der Waals surface area contributed by atoms with Crippen LogP contribution in [0.15, 0.2) is 12.1 Å². The minimum Gasteiger partial charge on any atom is -0.397 e. The van der Waals surface area contributed by atoms with Crippen molar-refractivity contribution in [2.75, 3.05) is 12.3 Å². The summed E-state index contributed by atoms with van der Waals surface area (Å²) in [5, 5.41) is 2.86. The average molecular weight is 303 g/mol. The first-order valence-electron chi connectivity index (χ1n) is 5.78. The Balaban J connectivity index is 2.16. The molecule has 3 N–H and O–H groups in total. The van der Waals surface area contributed by atoms with Crippen molar-refractivity contribution in [3.05, 3.63) is 22.7 Å². The quantitative estimate of drug-likeness (QED) is 0.916. The second-order valence-corrected chi connectivity index (χ2v) is 5.27. The molecule has 0 saturated carbocycles. The van der Waals surface area contributed by atoms with Crippen molar-refractivity contribution in [1.29, 1.82) is 0 Å². The maximum Gasteiger partial charge on any atom is 0.390 e. The van der Waals surface area contributed by atoms with E-state index in [-0.39, 0.29) is 10.6 Å². The topological polar surface area (TPSA) is 68.0 Å². The van der Waals surface area contributed by atoms with Gasteiger partial charge in [0, 0.05) is 17.6 Å². The Morgan fingerprint density at radius 3 is 2.80 bits per heavy atom. The number of thiophene rings is 1. The zero-order chi connectivity index (χ0) is 14.9. The SMILES string of the molecule is Cc1ccc2c(N)c(C(=O)NCCC(F)(F)F)sc2n1. The maximum atomic E-state index is 12.0. The molecule has 0 radical (unpaired) electrons. The third kappa shape index (κ3) is 3.19. The Bertz CT molecular complexity index is 651. The molecular formula is C12H12F3N3OS. The van der Waals surface area contributed by atoms with E-state index in [0.717, 1.165) is 17.0 Å². The molecule has 0 bridgehead atoms. The summed E-state index contributed by atoms with van der Waals surface area (Å²) in [6, 6.07) is 3.51. The van der Waals surface area contributed by atoms with Gasteiger partial charge in [0.05, 0.1) is 12.1 Å². The Morgan fingerprint density at radius 2 is 2.15 bits per heavy atom. The Morgan fingerprint density at radius 1 is 1.45 bits per heavy atom. The standard InChI is InChI=1S/C12H12F3N3OS/c1-6-2-3-7-8(16)9(20-11(7)18-6)10(19)17-5-4-12(13,14)15/h2-3H,4-5,16H2,1H3,(H,17,19). The van der Waals surface area contributed by atoms with Crippen LogP contribution < -0.4 is 11.1 Å². The number of aromatic nitrogens is 1. The lowest BCUT2D eigenvalue weighted by Crippen LogP contribution is -2.27. The minimum absolute atomic E-state index is 0.195. The van der Waals surface area contributed by atoms with Crippen LogP contribution in [0.25, 0.3) is 10.2 Å². The van der Waals surface area contributed by atoms with Gasteiger partial charge in [0.1, 0.15) is 9.71 Å². The molecule has 4 nitrogen and oxygen atoms in total. The largest absolute Gasteiger partial charge is 0.397 e. The number of hydrogen-bond donors (Lipinski definition) is 2. The van der Waals surface area contributed by atoms with Gasteiger partial charge in [-0.2, -0.15) is 13.2 Å². The monoisotopic (exact) mass is 303 g/mol. The summed E-state index contributed by atoms with van der Waals surface area (Å²) in [5.74, 6) is -0.604. The first kappa shape index (κ1) is 14.6. The van der Waals surface area contributed by atoms with E-state index < -0.39 is 25.0 Å². The smallest absolute Gasteiger partial charge is 0.390 e. The van der Waals surface area contributed by atoms with Crippen LogP contribution in [0, 0.1) is 6.92 Å². The van der Waals surface area contributed by atoms with Gasteiger partial charge in [0.25, 0.3) is 5.91 Å². The fourth-order valence-electron chi connectivity index (χ4n) is 1.66. The van der Waals surface area contributed by atoms with Gasteiger partial charge in [0.2, 0.25) is 0 Å². The van der Waals surface area contributed by atoms with Crippen molar-refractivity contribution >= 4 is 33.1 Å². The van der Waals surface area contributed by atoms with Gasteiger partial charge in [-0.05, 0) is 19.1 Å². The molecule has 2 rings (SSSR count). The molecule has 0 aromatic carbocycles. The number of rotatable bonds is 3. The van der Waals surface area contributed by atoms with Crippen LogP contribution in [0.3, 0.4) is 0 Å². The van der Waals surface area contributed by atoms with Gasteiger partial charge in [-0.15, -0.1) is 11.3 Å². The first-order valence-corrected chi connectivity index (χ1v) is 6.60. The van der Waals surface area contributed by atoms with Gasteiger partial charge < -0.3 is 11.1 Å². The summed E-state index contributed by atoms with van der Waals surface area (Å²) in [6.07, 6.45) is -5.36. The number of anilines is 1. The van der Waals surface area contributed by atoms with E-state index in [1.54, 1.807) is 19.1 Å². The second kappa shape index (κ2) is 5.28. The molecule has 0 spiro atoms. The summed E-state index contributed by atoms with van der Waals surface area (Å²) >= 11 is 1.07. The summed E-state index contributed by atoms with van der Waals surface area (Å²) in [7, 11) is 0. The predicted molar refractivity (Wildman–Crippen MR) is 71.8 cm³/mol. The number of aryl methyl sites for hydroxylation is 1. The predicted octanol–water partition coefficient (Wildman–Crippen LogP) is 2.87. The molecule has 1 amide bonds. The number of pyridine rings is 1. The lowest BCUT2D eigenvalue weighted by atomic mass is 10.2. The van der Waals surface area contributed by atoms with E-state index in [1.165, 1.54) is 0 Å². The van der Waals surface area contributed by atoms with E-state index in [2.05, 4.69) is 10.3 Å². The molecule has 0 aliphatic rings.